The van der Waals surface area contributed by atoms with Crippen LogP contribution in [0.1, 0.15) is 5.56 Å². The van der Waals surface area contributed by atoms with Gasteiger partial charge in [-0.05, 0) is 29.8 Å². The van der Waals surface area contributed by atoms with Gasteiger partial charge in [-0.3, -0.25) is 0 Å². The molecule has 1 aromatic heterocycles. The Morgan fingerprint density at radius 2 is 1.75 bits per heavy atom. The number of nitrogen functional groups attached to an aromatic ring is 1. The van der Waals surface area contributed by atoms with Gasteiger partial charge in [0.2, 0.25) is 0 Å². The van der Waals surface area contributed by atoms with E-state index in [1.165, 1.54) is 17.3 Å². The van der Waals surface area contributed by atoms with Crippen molar-refractivity contribution >= 4 is 34.9 Å². The molecule has 0 spiro atoms. The molecule has 0 aliphatic heterocycles. The van der Waals surface area contributed by atoms with E-state index in [0.29, 0.717) is 10.7 Å². The molecule has 0 amide bonds. The fourth-order valence-electron chi connectivity index (χ4n) is 2.30. The molecular weight excluding hydrogens is 340 g/mol. The molecule has 4 nitrogen and oxygen atoms in total. The summed E-state index contributed by atoms with van der Waals surface area (Å²) in [5.74, 6) is 0.727. The first-order valence-electron chi connectivity index (χ1n) is 7.42. The van der Waals surface area contributed by atoms with Crippen molar-refractivity contribution in [2.45, 2.75) is 16.5 Å². The van der Waals surface area contributed by atoms with Gasteiger partial charge < -0.3 is 10.6 Å². The Morgan fingerprint density at radius 3 is 2.46 bits per heavy atom. The normalized spacial score (nSPS) is 10.6. The highest BCUT2D eigenvalue weighted by molar-refractivity contribution is 7.99. The van der Waals surface area contributed by atoms with Crippen LogP contribution in [-0.4, -0.2) is 17.0 Å². The van der Waals surface area contributed by atoms with Crippen LogP contribution in [-0.2, 0) is 6.54 Å². The van der Waals surface area contributed by atoms with Gasteiger partial charge in [0.05, 0.1) is 0 Å². The van der Waals surface area contributed by atoms with E-state index < -0.39 is 0 Å². The molecule has 0 saturated heterocycles. The van der Waals surface area contributed by atoms with Gasteiger partial charge in [-0.15, -0.1) is 0 Å². The number of nitrogens with two attached hydrogens (primary N) is 1. The Bertz CT molecular complexity index is 809. The second-order valence-electron chi connectivity index (χ2n) is 5.31. The topological polar surface area (TPSA) is 55.0 Å². The predicted octanol–water partition coefficient (Wildman–Crippen LogP) is 4.50. The van der Waals surface area contributed by atoms with Gasteiger partial charge in [0.1, 0.15) is 17.0 Å². The zero-order valence-electron chi connectivity index (χ0n) is 13.2. The van der Waals surface area contributed by atoms with Crippen molar-refractivity contribution in [2.75, 3.05) is 17.7 Å². The summed E-state index contributed by atoms with van der Waals surface area (Å²) in [4.78, 5) is 11.7. The quantitative estimate of drug-likeness (QED) is 0.682. The molecule has 1 heterocycles. The van der Waals surface area contributed by atoms with E-state index in [9.17, 15) is 0 Å². The first-order chi connectivity index (χ1) is 11.6. The molecule has 2 N–H and O–H groups in total. The highest BCUT2D eigenvalue weighted by Crippen LogP contribution is 2.34. The lowest BCUT2D eigenvalue weighted by atomic mass is 10.2. The first kappa shape index (κ1) is 16.6. The number of nitrogens with zero attached hydrogens (tertiary/aromatic N) is 3. The third-order valence-electron chi connectivity index (χ3n) is 3.48. The van der Waals surface area contributed by atoms with E-state index in [1.807, 2.05) is 54.4 Å². The Balaban J connectivity index is 1.81. The first-order valence-corrected chi connectivity index (χ1v) is 8.62. The second kappa shape index (κ2) is 7.55. The summed E-state index contributed by atoms with van der Waals surface area (Å²) >= 11 is 7.42. The SMILES string of the molecule is CN(Cc1ccccc1)c1ncnc(Sc2ccc(Cl)cc2)c1N. The largest absolute Gasteiger partial charge is 0.394 e. The number of hydrogen-bond donors (Lipinski definition) is 1. The lowest BCUT2D eigenvalue weighted by Gasteiger charge is -2.20. The van der Waals surface area contributed by atoms with Crippen molar-refractivity contribution in [1.82, 2.24) is 9.97 Å². The van der Waals surface area contributed by atoms with Gasteiger partial charge >= 0.3 is 0 Å². The molecule has 0 unspecified atom stereocenters. The highest BCUT2D eigenvalue weighted by Gasteiger charge is 2.13. The van der Waals surface area contributed by atoms with E-state index in [-0.39, 0.29) is 0 Å². The third kappa shape index (κ3) is 3.99. The maximum atomic E-state index is 6.30. The molecule has 2 aromatic carbocycles. The molecule has 0 saturated carbocycles. The average Bonchev–Trinajstić information content (AvgIpc) is 2.59. The van der Waals surface area contributed by atoms with Gasteiger partial charge in [0.25, 0.3) is 0 Å². The molecular formula is C18H17ClN4S. The number of hydrogen-bond acceptors (Lipinski definition) is 5. The molecule has 0 fully saturated rings. The zero-order valence-corrected chi connectivity index (χ0v) is 14.8. The lowest BCUT2D eigenvalue weighted by Crippen LogP contribution is -2.19. The van der Waals surface area contributed by atoms with Crippen molar-refractivity contribution in [2.24, 2.45) is 0 Å². The van der Waals surface area contributed by atoms with Crippen molar-refractivity contribution in [3.8, 4) is 0 Å². The van der Waals surface area contributed by atoms with Gasteiger partial charge in [-0.1, -0.05) is 53.7 Å². The van der Waals surface area contributed by atoms with Crippen molar-refractivity contribution in [3.05, 3.63) is 71.5 Å². The molecule has 3 rings (SSSR count). The number of aromatic nitrogens is 2. The zero-order chi connectivity index (χ0) is 16.9. The van der Waals surface area contributed by atoms with Gasteiger partial charge in [-0.2, -0.15) is 0 Å². The molecule has 0 aliphatic carbocycles. The minimum Gasteiger partial charge on any atom is -0.394 e. The van der Waals surface area contributed by atoms with E-state index in [4.69, 9.17) is 17.3 Å². The van der Waals surface area contributed by atoms with E-state index in [2.05, 4.69) is 22.1 Å². The average molecular weight is 357 g/mol. The molecule has 0 aliphatic rings. The van der Waals surface area contributed by atoms with Crippen molar-refractivity contribution < 1.29 is 0 Å². The highest BCUT2D eigenvalue weighted by atomic mass is 35.5. The molecule has 3 aromatic rings. The summed E-state index contributed by atoms with van der Waals surface area (Å²) in [6, 6.07) is 17.8. The fourth-order valence-corrected chi connectivity index (χ4v) is 3.23. The standard InChI is InChI=1S/C18H17ClN4S/c1-23(11-13-5-3-2-4-6-13)17-16(20)18(22-12-21-17)24-15-9-7-14(19)8-10-15/h2-10,12H,11,20H2,1H3. The third-order valence-corrected chi connectivity index (χ3v) is 4.76. The maximum absolute atomic E-state index is 6.30. The van der Waals surface area contributed by atoms with Crippen LogP contribution in [0, 0.1) is 0 Å². The molecule has 0 bridgehead atoms. The Kier molecular flexibility index (Phi) is 5.23. The van der Waals surface area contributed by atoms with Crippen molar-refractivity contribution in [1.29, 1.82) is 0 Å². The van der Waals surface area contributed by atoms with E-state index >= 15 is 0 Å². The fraction of sp³-hybridized carbons (Fsp3) is 0.111. The van der Waals surface area contributed by atoms with Gasteiger partial charge in [-0.25, -0.2) is 9.97 Å². The minimum atomic E-state index is 0.580. The smallest absolute Gasteiger partial charge is 0.156 e. The Hall–Kier alpha value is -2.24. The van der Waals surface area contributed by atoms with Gasteiger partial charge in [0, 0.05) is 23.5 Å². The molecule has 6 heteroatoms. The van der Waals surface area contributed by atoms with Crippen LogP contribution in [0.5, 0.6) is 0 Å². The molecule has 122 valence electrons. The number of halogens is 1. The van der Waals surface area contributed by atoms with Crippen LogP contribution in [0.3, 0.4) is 0 Å². The Labute approximate surface area is 150 Å². The second-order valence-corrected chi connectivity index (χ2v) is 6.81. The summed E-state index contributed by atoms with van der Waals surface area (Å²) in [6.45, 7) is 0.729. The predicted molar refractivity (Wildman–Crippen MR) is 101 cm³/mol. The van der Waals surface area contributed by atoms with Crippen molar-refractivity contribution in [3.63, 3.8) is 0 Å². The molecule has 0 atom stereocenters. The van der Waals surface area contributed by atoms with Crippen LogP contribution in [0.4, 0.5) is 11.5 Å². The summed E-state index contributed by atoms with van der Waals surface area (Å²) in [5.41, 5.74) is 8.08. The number of anilines is 2. The van der Waals surface area contributed by atoms with Crippen LogP contribution in [0.15, 0.2) is 70.8 Å². The Morgan fingerprint density at radius 1 is 1.04 bits per heavy atom. The summed E-state index contributed by atoms with van der Waals surface area (Å²) in [7, 11) is 1.97. The van der Waals surface area contributed by atoms with Crippen LogP contribution in [0.2, 0.25) is 5.02 Å². The van der Waals surface area contributed by atoms with E-state index in [1.54, 1.807) is 6.33 Å². The van der Waals surface area contributed by atoms with E-state index in [0.717, 1.165) is 22.3 Å². The summed E-state index contributed by atoms with van der Waals surface area (Å²) < 4.78 is 0. The minimum absolute atomic E-state index is 0.580. The van der Waals surface area contributed by atoms with Crippen LogP contribution < -0.4 is 10.6 Å². The number of rotatable bonds is 5. The van der Waals surface area contributed by atoms with Crippen LogP contribution in [0.25, 0.3) is 0 Å². The van der Waals surface area contributed by atoms with Gasteiger partial charge in [0.15, 0.2) is 5.82 Å². The summed E-state index contributed by atoms with van der Waals surface area (Å²) in [5, 5.41) is 1.44. The molecule has 0 radical (unpaired) electrons. The van der Waals surface area contributed by atoms with Crippen LogP contribution >= 0.6 is 23.4 Å². The monoisotopic (exact) mass is 356 g/mol. The maximum Gasteiger partial charge on any atom is 0.156 e. The summed E-state index contributed by atoms with van der Waals surface area (Å²) in [6.07, 6.45) is 1.55. The lowest BCUT2D eigenvalue weighted by molar-refractivity contribution is 0.882. The number of benzene rings is 2. The molecule has 24 heavy (non-hydrogen) atoms.